The van der Waals surface area contributed by atoms with Crippen LogP contribution in [0.5, 0.6) is 0 Å². The first-order chi connectivity index (χ1) is 13.7. The van der Waals surface area contributed by atoms with E-state index in [1.807, 2.05) is 13.0 Å². The molecular weight excluding hydrogens is 340 g/mol. The van der Waals surface area contributed by atoms with Crippen LogP contribution in [0.3, 0.4) is 0 Å². The first-order valence-corrected chi connectivity index (χ1v) is 9.79. The van der Waals surface area contributed by atoms with Gasteiger partial charge in [-0.15, -0.1) is 0 Å². The lowest BCUT2D eigenvalue weighted by Crippen LogP contribution is -2.08. The van der Waals surface area contributed by atoms with E-state index in [0.29, 0.717) is 0 Å². The molecule has 1 aliphatic carbocycles. The van der Waals surface area contributed by atoms with Crippen LogP contribution in [0.25, 0.3) is 22.4 Å². The number of fused-ring (bicyclic) bond motifs is 2. The number of benzene rings is 4. The van der Waals surface area contributed by atoms with Crippen molar-refractivity contribution in [3.05, 3.63) is 119 Å². The Kier molecular flexibility index (Phi) is 4.11. The molecule has 136 valence electrons. The van der Waals surface area contributed by atoms with E-state index >= 15 is 0 Å². The zero-order valence-corrected chi connectivity index (χ0v) is 15.8. The molecule has 0 spiro atoms. The highest BCUT2D eigenvalue weighted by molar-refractivity contribution is 5.96. The van der Waals surface area contributed by atoms with Gasteiger partial charge in [0.1, 0.15) is 0 Å². The van der Waals surface area contributed by atoms with Crippen LogP contribution < -0.4 is 0 Å². The Hall–Kier alpha value is -3.16. The van der Waals surface area contributed by atoms with Gasteiger partial charge in [0, 0.05) is 5.92 Å². The summed E-state index contributed by atoms with van der Waals surface area (Å²) in [5, 5.41) is 13.0. The quantitative estimate of drug-likeness (QED) is 0.436. The number of hydrogen-bond acceptors (Lipinski definition) is 1. The fourth-order valence-corrected chi connectivity index (χ4v) is 4.57. The van der Waals surface area contributed by atoms with Crippen LogP contribution in [0.1, 0.15) is 46.8 Å². The topological polar surface area (TPSA) is 20.2 Å². The van der Waals surface area contributed by atoms with Crippen molar-refractivity contribution in [1.29, 1.82) is 0 Å². The van der Waals surface area contributed by atoms with Crippen LogP contribution in [-0.2, 0) is 0 Å². The minimum Gasteiger partial charge on any atom is -0.389 e. The number of aliphatic hydroxyl groups is 1. The second-order valence-corrected chi connectivity index (χ2v) is 7.49. The molecular formula is C27H22O. The van der Waals surface area contributed by atoms with E-state index in [-0.39, 0.29) is 5.92 Å². The largest absolute Gasteiger partial charge is 0.389 e. The molecule has 0 aliphatic heterocycles. The molecule has 28 heavy (non-hydrogen) atoms. The maximum absolute atomic E-state index is 10.7. The Morgan fingerprint density at radius 1 is 0.714 bits per heavy atom. The van der Waals surface area contributed by atoms with Crippen molar-refractivity contribution in [2.24, 2.45) is 0 Å². The highest BCUT2D eigenvalue weighted by Crippen LogP contribution is 2.48. The molecule has 0 saturated heterocycles. The highest BCUT2D eigenvalue weighted by atomic mass is 16.3. The van der Waals surface area contributed by atoms with Crippen LogP contribution in [-0.4, -0.2) is 5.11 Å². The van der Waals surface area contributed by atoms with E-state index in [1.54, 1.807) is 0 Å². The van der Waals surface area contributed by atoms with Crippen LogP contribution in [0.15, 0.2) is 91.0 Å². The number of rotatable bonds is 3. The number of allylic oxidation sites excluding steroid dienone is 1. The lowest BCUT2D eigenvalue weighted by atomic mass is 9.80. The predicted octanol–water partition coefficient (Wildman–Crippen LogP) is 6.58. The summed E-state index contributed by atoms with van der Waals surface area (Å²) in [4.78, 5) is 0. The molecule has 1 heteroatoms. The van der Waals surface area contributed by atoms with Crippen molar-refractivity contribution < 1.29 is 5.11 Å². The summed E-state index contributed by atoms with van der Waals surface area (Å²) < 4.78 is 0. The van der Waals surface area contributed by atoms with Gasteiger partial charge in [-0.05, 0) is 57.2 Å². The summed E-state index contributed by atoms with van der Waals surface area (Å²) in [6.45, 7) is 1.87. The van der Waals surface area contributed by atoms with Gasteiger partial charge in [-0.25, -0.2) is 0 Å². The van der Waals surface area contributed by atoms with Crippen LogP contribution in [0.2, 0.25) is 0 Å². The molecule has 0 saturated carbocycles. The second-order valence-electron chi connectivity index (χ2n) is 7.49. The summed E-state index contributed by atoms with van der Waals surface area (Å²) in [6, 6.07) is 31.9. The first kappa shape index (κ1) is 17.0. The third kappa shape index (κ3) is 2.67. The SMILES string of the molecule is CC(O)c1c(C2C(c3ccccc3)=Cc3ccccc32)ccc2ccccc12. The van der Waals surface area contributed by atoms with E-state index in [9.17, 15) is 5.11 Å². The van der Waals surface area contributed by atoms with Crippen LogP contribution >= 0.6 is 0 Å². The van der Waals surface area contributed by atoms with Crippen molar-refractivity contribution in [3.8, 4) is 0 Å². The van der Waals surface area contributed by atoms with Gasteiger partial charge < -0.3 is 5.11 Å². The van der Waals surface area contributed by atoms with Gasteiger partial charge in [0.15, 0.2) is 0 Å². The van der Waals surface area contributed by atoms with Gasteiger partial charge in [-0.2, -0.15) is 0 Å². The van der Waals surface area contributed by atoms with Crippen molar-refractivity contribution in [2.45, 2.75) is 18.9 Å². The Balaban J connectivity index is 1.79. The zero-order chi connectivity index (χ0) is 19.1. The summed E-state index contributed by atoms with van der Waals surface area (Å²) in [7, 11) is 0. The molecule has 1 N–H and O–H groups in total. The third-order valence-corrected chi connectivity index (χ3v) is 5.77. The molecule has 2 unspecified atom stereocenters. The lowest BCUT2D eigenvalue weighted by Gasteiger charge is -2.24. The molecule has 0 heterocycles. The van der Waals surface area contributed by atoms with Crippen LogP contribution in [0, 0.1) is 0 Å². The van der Waals surface area contributed by atoms with Crippen molar-refractivity contribution in [2.75, 3.05) is 0 Å². The molecule has 0 radical (unpaired) electrons. The molecule has 5 rings (SSSR count). The van der Waals surface area contributed by atoms with Crippen molar-refractivity contribution >= 4 is 22.4 Å². The molecule has 0 fully saturated rings. The van der Waals surface area contributed by atoms with Crippen LogP contribution in [0.4, 0.5) is 0 Å². The van der Waals surface area contributed by atoms with Gasteiger partial charge in [-0.1, -0.05) is 91.0 Å². The van der Waals surface area contributed by atoms with Crippen molar-refractivity contribution in [1.82, 2.24) is 0 Å². The molecule has 0 aromatic heterocycles. The van der Waals surface area contributed by atoms with Gasteiger partial charge in [0.25, 0.3) is 0 Å². The molecule has 4 aromatic rings. The summed E-state index contributed by atoms with van der Waals surface area (Å²) in [6.07, 6.45) is 1.77. The molecule has 2 atom stereocenters. The van der Waals surface area contributed by atoms with Gasteiger partial charge >= 0.3 is 0 Å². The van der Waals surface area contributed by atoms with Gasteiger partial charge in [0.05, 0.1) is 6.10 Å². The van der Waals surface area contributed by atoms with Gasteiger partial charge in [0.2, 0.25) is 0 Å². The summed E-state index contributed by atoms with van der Waals surface area (Å²) in [5.74, 6) is 0.118. The zero-order valence-electron chi connectivity index (χ0n) is 15.8. The standard InChI is InChI=1S/C27H22O/c1-18(28)26-22-13-7-5-11-20(22)15-16-24(26)27-23-14-8-6-12-21(23)17-25(27)19-9-3-2-4-10-19/h2-18,27-28H,1H3. The molecule has 0 amide bonds. The van der Waals surface area contributed by atoms with Gasteiger partial charge in [-0.3, -0.25) is 0 Å². The third-order valence-electron chi connectivity index (χ3n) is 5.77. The van der Waals surface area contributed by atoms with E-state index in [4.69, 9.17) is 0 Å². The summed E-state index contributed by atoms with van der Waals surface area (Å²) >= 11 is 0. The summed E-state index contributed by atoms with van der Waals surface area (Å²) in [5.41, 5.74) is 7.30. The average molecular weight is 362 g/mol. The molecule has 1 nitrogen and oxygen atoms in total. The van der Waals surface area contributed by atoms with E-state index in [1.165, 1.54) is 33.2 Å². The van der Waals surface area contributed by atoms with E-state index in [0.717, 1.165) is 10.9 Å². The minimum atomic E-state index is -0.536. The maximum atomic E-state index is 10.7. The smallest absolute Gasteiger partial charge is 0.0770 e. The van der Waals surface area contributed by atoms with E-state index in [2.05, 4.69) is 91.0 Å². The number of aliphatic hydroxyl groups excluding tert-OH is 1. The Bertz CT molecular complexity index is 1190. The minimum absolute atomic E-state index is 0.118. The van der Waals surface area contributed by atoms with Crippen molar-refractivity contribution in [3.63, 3.8) is 0 Å². The maximum Gasteiger partial charge on any atom is 0.0770 e. The monoisotopic (exact) mass is 362 g/mol. The van der Waals surface area contributed by atoms with E-state index < -0.39 is 6.10 Å². The average Bonchev–Trinajstić information content (AvgIpc) is 3.13. The predicted molar refractivity (Wildman–Crippen MR) is 117 cm³/mol. The normalized spacial score (nSPS) is 16.6. The first-order valence-electron chi connectivity index (χ1n) is 9.79. The Morgan fingerprint density at radius 3 is 2.25 bits per heavy atom. The molecule has 4 aromatic carbocycles. The molecule has 1 aliphatic rings. The second kappa shape index (κ2) is 6.78. The fourth-order valence-electron chi connectivity index (χ4n) is 4.57. The highest BCUT2D eigenvalue weighted by Gasteiger charge is 2.30. The number of hydrogen-bond donors (Lipinski definition) is 1. The Labute approximate surface area is 165 Å². The Morgan fingerprint density at radius 2 is 1.43 bits per heavy atom. The molecule has 0 bridgehead atoms. The fraction of sp³-hybridized carbons (Fsp3) is 0.111. The lowest BCUT2D eigenvalue weighted by molar-refractivity contribution is 0.200.